The summed E-state index contributed by atoms with van der Waals surface area (Å²) in [5.74, 6) is 0.739. The highest BCUT2D eigenvalue weighted by atomic mass is 35.5. The van der Waals surface area contributed by atoms with Gasteiger partial charge in [-0.1, -0.05) is 35.0 Å². The number of carbonyl (C=O) groups excluding carboxylic acids is 1. The van der Waals surface area contributed by atoms with E-state index in [9.17, 15) is 4.79 Å². The minimum absolute atomic E-state index is 0.0183. The molecule has 3 aromatic rings. The van der Waals surface area contributed by atoms with E-state index in [0.717, 1.165) is 22.6 Å². The molecule has 2 atom stereocenters. The van der Waals surface area contributed by atoms with E-state index in [1.165, 1.54) is 0 Å². The smallest absolute Gasteiger partial charge is 0.237 e. The molecule has 8 heteroatoms. The molecule has 2 aromatic carbocycles. The van der Waals surface area contributed by atoms with Crippen molar-refractivity contribution in [3.8, 4) is 5.75 Å². The van der Waals surface area contributed by atoms with Gasteiger partial charge in [0.1, 0.15) is 23.5 Å². The Kier molecular flexibility index (Phi) is 4.72. The van der Waals surface area contributed by atoms with E-state index in [2.05, 4.69) is 15.6 Å². The van der Waals surface area contributed by atoms with Gasteiger partial charge in [-0.05, 0) is 48.7 Å². The molecule has 1 amide bonds. The van der Waals surface area contributed by atoms with Gasteiger partial charge in [0.15, 0.2) is 0 Å². The lowest BCUT2D eigenvalue weighted by Gasteiger charge is -2.36. The molecular formula is C22H21ClN4O3. The monoisotopic (exact) mass is 424 g/mol. The van der Waals surface area contributed by atoms with Crippen LogP contribution in [0.4, 0.5) is 5.69 Å². The lowest BCUT2D eigenvalue weighted by molar-refractivity contribution is -0.127. The topological polar surface area (TPSA) is 78.3 Å². The molecule has 2 aliphatic rings. The Morgan fingerprint density at radius 3 is 3.07 bits per heavy atom. The number of nitrogens with zero attached hydrogens (tertiary/aromatic N) is 3. The van der Waals surface area contributed by atoms with Gasteiger partial charge in [0.25, 0.3) is 0 Å². The maximum atomic E-state index is 12.8. The summed E-state index contributed by atoms with van der Waals surface area (Å²) in [6.07, 6.45) is 2.47. The Labute approximate surface area is 178 Å². The molecule has 2 unspecified atom stereocenters. The predicted molar refractivity (Wildman–Crippen MR) is 112 cm³/mol. The van der Waals surface area contributed by atoms with Gasteiger partial charge in [-0.3, -0.25) is 4.79 Å². The molecule has 0 bridgehead atoms. The van der Waals surface area contributed by atoms with Crippen LogP contribution in [0, 0.1) is 6.92 Å². The molecule has 1 N–H and O–H groups in total. The number of carbonyl (C=O) groups is 1. The third-order valence-corrected chi connectivity index (χ3v) is 6.05. The van der Waals surface area contributed by atoms with Gasteiger partial charge in [0.2, 0.25) is 5.91 Å². The van der Waals surface area contributed by atoms with Crippen molar-refractivity contribution in [2.75, 3.05) is 18.5 Å². The minimum atomic E-state index is -0.692. The molecule has 1 aromatic heterocycles. The van der Waals surface area contributed by atoms with Crippen molar-refractivity contribution in [2.45, 2.75) is 31.4 Å². The van der Waals surface area contributed by atoms with Crippen molar-refractivity contribution in [3.63, 3.8) is 0 Å². The fraction of sp³-hybridized carbons (Fsp3) is 0.318. The molecule has 2 aliphatic heterocycles. The molecule has 0 saturated carbocycles. The molecule has 0 radical (unpaired) electrons. The van der Waals surface area contributed by atoms with Crippen molar-refractivity contribution in [2.24, 2.45) is 0 Å². The fourth-order valence-electron chi connectivity index (χ4n) is 4.26. The third-order valence-electron chi connectivity index (χ3n) is 5.81. The summed E-state index contributed by atoms with van der Waals surface area (Å²) in [7, 11) is 0. The van der Waals surface area contributed by atoms with Crippen LogP contribution in [0.15, 0.2) is 48.7 Å². The van der Waals surface area contributed by atoms with Gasteiger partial charge in [-0.25, -0.2) is 4.68 Å². The second kappa shape index (κ2) is 7.41. The predicted octanol–water partition coefficient (Wildman–Crippen LogP) is 3.67. The van der Waals surface area contributed by atoms with Gasteiger partial charge in [0.05, 0.1) is 25.5 Å². The third kappa shape index (κ3) is 3.24. The number of hydrogen-bond acceptors (Lipinski definition) is 5. The molecule has 30 heavy (non-hydrogen) atoms. The first-order valence-electron chi connectivity index (χ1n) is 9.83. The van der Waals surface area contributed by atoms with E-state index < -0.39 is 5.41 Å². The van der Waals surface area contributed by atoms with Crippen molar-refractivity contribution in [3.05, 3.63) is 70.5 Å². The van der Waals surface area contributed by atoms with E-state index in [4.69, 9.17) is 21.1 Å². The van der Waals surface area contributed by atoms with Crippen LogP contribution in [0.1, 0.15) is 29.3 Å². The lowest BCUT2D eigenvalue weighted by Crippen LogP contribution is -2.46. The number of aromatic nitrogens is 3. The Bertz CT molecular complexity index is 1120. The zero-order valence-corrected chi connectivity index (χ0v) is 17.2. The van der Waals surface area contributed by atoms with Gasteiger partial charge in [-0.15, -0.1) is 5.10 Å². The summed E-state index contributed by atoms with van der Waals surface area (Å²) in [5, 5.41) is 12.2. The van der Waals surface area contributed by atoms with E-state index in [1.807, 2.05) is 49.5 Å². The van der Waals surface area contributed by atoms with Crippen LogP contribution in [0.25, 0.3) is 0 Å². The summed E-state index contributed by atoms with van der Waals surface area (Å²) in [6.45, 7) is 3.09. The summed E-state index contributed by atoms with van der Waals surface area (Å²) in [4.78, 5) is 12.8. The van der Waals surface area contributed by atoms with Crippen LogP contribution in [0.2, 0.25) is 5.02 Å². The van der Waals surface area contributed by atoms with E-state index >= 15 is 0 Å². The van der Waals surface area contributed by atoms with E-state index in [-0.39, 0.29) is 11.9 Å². The number of hydrogen-bond donors (Lipinski definition) is 1. The minimum Gasteiger partial charge on any atom is -0.487 e. The first-order chi connectivity index (χ1) is 14.5. The first kappa shape index (κ1) is 19.1. The largest absolute Gasteiger partial charge is 0.487 e. The van der Waals surface area contributed by atoms with E-state index in [0.29, 0.717) is 37.0 Å². The molecular weight excluding hydrogens is 404 g/mol. The molecule has 5 rings (SSSR count). The average Bonchev–Trinajstić information content (AvgIpc) is 3.32. The molecule has 1 saturated heterocycles. The average molecular weight is 425 g/mol. The molecule has 7 nitrogen and oxygen atoms in total. The van der Waals surface area contributed by atoms with Crippen LogP contribution in [-0.2, 0) is 21.6 Å². The van der Waals surface area contributed by atoms with Crippen LogP contribution in [-0.4, -0.2) is 34.1 Å². The maximum absolute atomic E-state index is 12.8. The number of ether oxygens (including phenoxy) is 2. The Balaban J connectivity index is 1.32. The quantitative estimate of drug-likeness (QED) is 0.691. The van der Waals surface area contributed by atoms with Gasteiger partial charge in [0, 0.05) is 10.7 Å². The number of aryl methyl sites for hydroxylation is 1. The van der Waals surface area contributed by atoms with Crippen molar-refractivity contribution in [1.82, 2.24) is 15.0 Å². The highest BCUT2D eigenvalue weighted by molar-refractivity contribution is 6.30. The Morgan fingerprint density at radius 2 is 2.20 bits per heavy atom. The number of anilines is 1. The van der Waals surface area contributed by atoms with Crippen LogP contribution < -0.4 is 10.1 Å². The zero-order valence-electron chi connectivity index (χ0n) is 16.5. The molecule has 3 heterocycles. The number of rotatable bonds is 4. The zero-order chi connectivity index (χ0) is 20.7. The molecule has 154 valence electrons. The highest BCUT2D eigenvalue weighted by Crippen LogP contribution is 2.45. The Hall–Kier alpha value is -2.90. The van der Waals surface area contributed by atoms with Gasteiger partial charge in [-0.2, -0.15) is 0 Å². The summed E-state index contributed by atoms with van der Waals surface area (Å²) in [5.41, 5.74) is 2.82. The van der Waals surface area contributed by atoms with Crippen LogP contribution >= 0.6 is 11.6 Å². The summed E-state index contributed by atoms with van der Waals surface area (Å²) in [6, 6.07) is 13.2. The number of amides is 1. The van der Waals surface area contributed by atoms with E-state index in [1.54, 1.807) is 10.7 Å². The molecule has 0 aliphatic carbocycles. The fourth-order valence-corrected chi connectivity index (χ4v) is 4.49. The van der Waals surface area contributed by atoms with Gasteiger partial charge >= 0.3 is 0 Å². The normalized spacial score (nSPS) is 22.7. The first-order valence-corrected chi connectivity index (χ1v) is 10.2. The Morgan fingerprint density at radius 1 is 1.33 bits per heavy atom. The highest BCUT2D eigenvalue weighted by Gasteiger charge is 2.50. The number of halogens is 1. The number of para-hydroxylation sites is 1. The standard InChI is InChI=1S/C22H21ClN4O3/c1-14-8-15(23)6-7-20(14)30-11-16-10-27(26-25-16)17-9-22(13-29-12-17)18-4-2-3-5-19(18)24-21(22)28/h2-8,10,17H,9,11-13H2,1H3,(H,24,28). The number of nitrogens with one attached hydrogen (secondary N) is 1. The molecule has 1 fully saturated rings. The van der Waals surface area contributed by atoms with Gasteiger partial charge < -0.3 is 14.8 Å². The molecule has 1 spiro atoms. The maximum Gasteiger partial charge on any atom is 0.237 e. The second-order valence-electron chi connectivity index (χ2n) is 7.84. The number of fused-ring (bicyclic) bond motifs is 2. The van der Waals surface area contributed by atoms with Crippen LogP contribution in [0.5, 0.6) is 5.75 Å². The van der Waals surface area contributed by atoms with Crippen LogP contribution in [0.3, 0.4) is 0 Å². The second-order valence-corrected chi connectivity index (χ2v) is 8.28. The number of benzene rings is 2. The summed E-state index contributed by atoms with van der Waals surface area (Å²) < 4.78 is 13.5. The van der Waals surface area contributed by atoms with Crippen molar-refractivity contribution < 1.29 is 14.3 Å². The van der Waals surface area contributed by atoms with Crippen molar-refractivity contribution >= 4 is 23.2 Å². The van der Waals surface area contributed by atoms with Crippen molar-refractivity contribution in [1.29, 1.82) is 0 Å². The lowest BCUT2D eigenvalue weighted by atomic mass is 9.76. The SMILES string of the molecule is Cc1cc(Cl)ccc1OCc1cn(C2COCC3(C2)C(=O)Nc2ccccc23)nn1. The summed E-state index contributed by atoms with van der Waals surface area (Å²) >= 11 is 6.00.